The summed E-state index contributed by atoms with van der Waals surface area (Å²) in [5.74, 6) is 0.0969. The first kappa shape index (κ1) is 13.0. The minimum absolute atomic E-state index is 0.0413. The molecule has 4 nitrogen and oxygen atoms in total. The SMILES string of the molecule is C=CCN(CC=C)C(=O)C[n+]1cccc(O)c1. The van der Waals surface area contributed by atoms with Crippen LogP contribution in [-0.4, -0.2) is 29.0 Å². The molecule has 0 aliphatic rings. The number of carbonyl (C=O) groups is 1. The summed E-state index contributed by atoms with van der Waals surface area (Å²) >= 11 is 0. The first-order valence-electron chi connectivity index (χ1n) is 5.35. The van der Waals surface area contributed by atoms with Gasteiger partial charge in [0.15, 0.2) is 11.9 Å². The summed E-state index contributed by atoms with van der Waals surface area (Å²) in [5, 5.41) is 9.29. The third-order valence-corrected chi connectivity index (χ3v) is 2.21. The van der Waals surface area contributed by atoms with Crippen molar-refractivity contribution in [2.24, 2.45) is 0 Å². The zero-order valence-corrected chi connectivity index (χ0v) is 9.75. The smallest absolute Gasteiger partial charge is 0.289 e. The molecule has 1 amide bonds. The average molecular weight is 233 g/mol. The molecule has 0 saturated heterocycles. The van der Waals surface area contributed by atoms with Crippen molar-refractivity contribution < 1.29 is 14.5 Å². The van der Waals surface area contributed by atoms with E-state index in [0.29, 0.717) is 13.1 Å². The number of hydrogen-bond donors (Lipinski definition) is 1. The summed E-state index contributed by atoms with van der Waals surface area (Å²) in [4.78, 5) is 13.6. The maximum absolute atomic E-state index is 11.9. The Morgan fingerprint density at radius 3 is 2.59 bits per heavy atom. The van der Waals surface area contributed by atoms with Crippen molar-refractivity contribution in [1.82, 2.24) is 4.90 Å². The quantitative estimate of drug-likeness (QED) is 0.585. The van der Waals surface area contributed by atoms with Crippen molar-refractivity contribution in [3.05, 3.63) is 49.8 Å². The van der Waals surface area contributed by atoms with E-state index in [-0.39, 0.29) is 18.2 Å². The lowest BCUT2D eigenvalue weighted by atomic mass is 10.4. The van der Waals surface area contributed by atoms with Crippen molar-refractivity contribution >= 4 is 5.91 Å². The molecule has 1 N–H and O–H groups in total. The molecule has 1 heterocycles. The zero-order chi connectivity index (χ0) is 12.7. The maximum atomic E-state index is 11.9. The predicted molar refractivity (Wildman–Crippen MR) is 65.3 cm³/mol. The topological polar surface area (TPSA) is 44.4 Å². The molecule has 1 aromatic heterocycles. The number of nitrogens with zero attached hydrogens (tertiary/aromatic N) is 2. The molecule has 0 bridgehead atoms. The number of amides is 1. The molecule has 0 aromatic carbocycles. The Morgan fingerprint density at radius 2 is 2.06 bits per heavy atom. The Kier molecular flexibility index (Phi) is 4.94. The van der Waals surface area contributed by atoms with Gasteiger partial charge in [-0.15, -0.1) is 13.2 Å². The fourth-order valence-electron chi connectivity index (χ4n) is 1.45. The van der Waals surface area contributed by atoms with Crippen LogP contribution >= 0.6 is 0 Å². The summed E-state index contributed by atoms with van der Waals surface area (Å²) in [7, 11) is 0. The highest BCUT2D eigenvalue weighted by atomic mass is 16.3. The maximum Gasteiger partial charge on any atom is 0.289 e. The van der Waals surface area contributed by atoms with Crippen LogP contribution in [0.3, 0.4) is 0 Å². The zero-order valence-electron chi connectivity index (χ0n) is 9.75. The molecular weight excluding hydrogens is 216 g/mol. The van der Waals surface area contributed by atoms with Crippen molar-refractivity contribution in [3.8, 4) is 5.75 Å². The second kappa shape index (κ2) is 6.48. The van der Waals surface area contributed by atoms with Crippen molar-refractivity contribution in [1.29, 1.82) is 0 Å². The standard InChI is InChI=1S/C13H16N2O2/c1-3-7-15(8-4-2)13(17)11-14-9-5-6-12(16)10-14/h3-6,9-10H,1-2,7-8,11H2/p+1. The second-order valence-electron chi connectivity index (χ2n) is 3.61. The van der Waals surface area contributed by atoms with Crippen LogP contribution in [0.4, 0.5) is 0 Å². The van der Waals surface area contributed by atoms with Gasteiger partial charge in [0.05, 0.1) is 0 Å². The molecule has 0 aliphatic heterocycles. The summed E-state index contributed by atoms with van der Waals surface area (Å²) in [6.07, 6.45) is 6.60. The van der Waals surface area contributed by atoms with Crippen LogP contribution < -0.4 is 4.57 Å². The first-order valence-corrected chi connectivity index (χ1v) is 5.35. The van der Waals surface area contributed by atoms with Crippen LogP contribution in [0.1, 0.15) is 0 Å². The summed E-state index contributed by atoms with van der Waals surface area (Å²) < 4.78 is 1.64. The Morgan fingerprint density at radius 1 is 1.41 bits per heavy atom. The molecule has 0 atom stereocenters. The van der Waals surface area contributed by atoms with Gasteiger partial charge in [-0.05, 0) is 6.07 Å². The number of pyridine rings is 1. The molecule has 1 rings (SSSR count). The third-order valence-electron chi connectivity index (χ3n) is 2.21. The van der Waals surface area contributed by atoms with Crippen molar-refractivity contribution in [2.45, 2.75) is 6.54 Å². The molecule has 0 saturated carbocycles. The Balaban J connectivity index is 2.68. The van der Waals surface area contributed by atoms with E-state index >= 15 is 0 Å². The van der Waals surface area contributed by atoms with E-state index in [0.717, 1.165) is 0 Å². The Bertz CT molecular complexity index is 406. The van der Waals surface area contributed by atoms with Gasteiger partial charge in [-0.2, -0.15) is 4.57 Å². The minimum atomic E-state index is -0.0413. The second-order valence-corrected chi connectivity index (χ2v) is 3.61. The van der Waals surface area contributed by atoms with E-state index in [1.807, 2.05) is 0 Å². The van der Waals surface area contributed by atoms with E-state index < -0.39 is 0 Å². The van der Waals surface area contributed by atoms with E-state index in [9.17, 15) is 9.90 Å². The lowest BCUT2D eigenvalue weighted by Crippen LogP contribution is -2.44. The third kappa shape index (κ3) is 4.10. The van der Waals surface area contributed by atoms with Gasteiger partial charge in [0.25, 0.3) is 5.91 Å². The summed E-state index contributed by atoms with van der Waals surface area (Å²) in [6.45, 7) is 8.39. The highest BCUT2D eigenvalue weighted by Crippen LogP contribution is 2.00. The van der Waals surface area contributed by atoms with E-state index in [4.69, 9.17) is 0 Å². The number of carbonyl (C=O) groups excluding carboxylic acids is 1. The number of hydrogen-bond acceptors (Lipinski definition) is 2. The Hall–Kier alpha value is -2.10. The minimum Gasteiger partial charge on any atom is -0.503 e. The summed E-state index contributed by atoms with van der Waals surface area (Å²) in [6, 6.07) is 3.25. The number of aromatic nitrogens is 1. The molecule has 17 heavy (non-hydrogen) atoms. The van der Waals surface area contributed by atoms with E-state index in [2.05, 4.69) is 13.2 Å². The fraction of sp³-hybridized carbons (Fsp3) is 0.231. The van der Waals surface area contributed by atoms with E-state index in [1.165, 1.54) is 6.20 Å². The van der Waals surface area contributed by atoms with Gasteiger partial charge in [-0.3, -0.25) is 4.79 Å². The number of rotatable bonds is 6. The number of aromatic hydroxyl groups is 1. The normalized spacial score (nSPS) is 9.65. The molecule has 4 heteroatoms. The largest absolute Gasteiger partial charge is 0.503 e. The van der Waals surface area contributed by atoms with Gasteiger partial charge in [0.1, 0.15) is 0 Å². The summed E-state index contributed by atoms with van der Waals surface area (Å²) in [5.41, 5.74) is 0. The molecule has 1 aromatic rings. The van der Waals surface area contributed by atoms with Gasteiger partial charge in [-0.1, -0.05) is 12.2 Å². The molecule has 90 valence electrons. The van der Waals surface area contributed by atoms with Gasteiger partial charge < -0.3 is 10.0 Å². The van der Waals surface area contributed by atoms with Crippen LogP contribution in [0.15, 0.2) is 49.8 Å². The van der Waals surface area contributed by atoms with Gasteiger partial charge in [0, 0.05) is 19.2 Å². The van der Waals surface area contributed by atoms with Gasteiger partial charge in [-0.25, -0.2) is 0 Å². The molecule has 0 radical (unpaired) electrons. The highest BCUT2D eigenvalue weighted by Gasteiger charge is 2.15. The molecule has 0 unspecified atom stereocenters. The Labute approximate surface area is 101 Å². The monoisotopic (exact) mass is 233 g/mol. The molecular formula is C13H17N2O2+. The molecule has 0 fully saturated rings. The molecule has 0 aliphatic carbocycles. The van der Waals surface area contributed by atoms with Crippen LogP contribution in [0, 0.1) is 0 Å². The van der Waals surface area contributed by atoms with Crippen LogP contribution in [0.5, 0.6) is 5.75 Å². The van der Waals surface area contributed by atoms with Gasteiger partial charge >= 0.3 is 0 Å². The van der Waals surface area contributed by atoms with Crippen LogP contribution in [0.2, 0.25) is 0 Å². The van der Waals surface area contributed by atoms with Crippen molar-refractivity contribution in [2.75, 3.05) is 13.1 Å². The lowest BCUT2D eigenvalue weighted by Gasteiger charge is -2.17. The molecule has 0 spiro atoms. The fourth-order valence-corrected chi connectivity index (χ4v) is 1.45. The van der Waals surface area contributed by atoms with Gasteiger partial charge in [0.2, 0.25) is 12.7 Å². The average Bonchev–Trinajstić information content (AvgIpc) is 2.28. The van der Waals surface area contributed by atoms with E-state index in [1.54, 1.807) is 39.9 Å². The lowest BCUT2D eigenvalue weighted by molar-refractivity contribution is -0.685. The van der Waals surface area contributed by atoms with Crippen LogP contribution in [-0.2, 0) is 11.3 Å². The van der Waals surface area contributed by atoms with Crippen LogP contribution in [0.25, 0.3) is 0 Å². The highest BCUT2D eigenvalue weighted by molar-refractivity contribution is 5.75. The predicted octanol–water partition coefficient (Wildman–Crippen LogP) is 0.880. The van der Waals surface area contributed by atoms with Crippen molar-refractivity contribution in [3.63, 3.8) is 0 Å². The first-order chi connectivity index (χ1) is 8.17.